The average Bonchev–Trinajstić information content (AvgIpc) is 2.66. The third kappa shape index (κ3) is 4.51. The van der Waals surface area contributed by atoms with Gasteiger partial charge in [-0.3, -0.25) is 4.79 Å². The number of rotatable bonds is 5. The first-order chi connectivity index (χ1) is 12.4. The van der Waals surface area contributed by atoms with Crippen molar-refractivity contribution in [3.05, 3.63) is 41.5 Å². The van der Waals surface area contributed by atoms with Crippen LogP contribution in [0, 0.1) is 18.3 Å². The van der Waals surface area contributed by atoms with Crippen molar-refractivity contribution in [2.45, 2.75) is 57.6 Å². The Morgan fingerprint density at radius 3 is 2.54 bits per heavy atom. The second-order valence-electron chi connectivity index (χ2n) is 6.87. The predicted octanol–water partition coefficient (Wildman–Crippen LogP) is 3.62. The third-order valence-corrected chi connectivity index (χ3v) is 5.09. The molecule has 0 radical (unpaired) electrons. The summed E-state index contributed by atoms with van der Waals surface area (Å²) >= 11 is 0. The van der Waals surface area contributed by atoms with E-state index in [0.29, 0.717) is 12.8 Å². The first kappa shape index (κ1) is 19.7. The van der Waals surface area contributed by atoms with E-state index in [4.69, 9.17) is 4.74 Å². The molecule has 1 atom stereocenters. The largest absolute Gasteiger partial charge is 0.449 e. The molecule has 0 heterocycles. The molecule has 26 heavy (non-hydrogen) atoms. The molecule has 1 fully saturated rings. The lowest BCUT2D eigenvalue weighted by molar-refractivity contribution is -0.157. The van der Waals surface area contributed by atoms with Gasteiger partial charge in [0.1, 0.15) is 5.54 Å². The molecule has 0 aromatic heterocycles. The molecule has 1 saturated carbocycles. The van der Waals surface area contributed by atoms with E-state index in [1.54, 1.807) is 20.0 Å². The van der Waals surface area contributed by atoms with Gasteiger partial charge < -0.3 is 9.64 Å². The fraction of sp³-hybridized carbons (Fsp3) is 0.476. The molecule has 1 aliphatic rings. The number of carbonyl (C=O) groups is 2. The van der Waals surface area contributed by atoms with E-state index >= 15 is 0 Å². The fourth-order valence-corrected chi connectivity index (χ4v) is 3.34. The monoisotopic (exact) mass is 354 g/mol. The minimum Gasteiger partial charge on any atom is -0.449 e. The summed E-state index contributed by atoms with van der Waals surface area (Å²) in [6.45, 7) is 3.50. The zero-order valence-corrected chi connectivity index (χ0v) is 15.7. The topological polar surface area (TPSA) is 70.4 Å². The Morgan fingerprint density at radius 1 is 1.27 bits per heavy atom. The van der Waals surface area contributed by atoms with Crippen LogP contribution < -0.4 is 0 Å². The summed E-state index contributed by atoms with van der Waals surface area (Å²) in [5.74, 6) is -0.914. The van der Waals surface area contributed by atoms with Crippen LogP contribution >= 0.6 is 0 Å². The number of ether oxygens (including phenoxy) is 1. The van der Waals surface area contributed by atoms with Crippen molar-refractivity contribution in [3.63, 3.8) is 0 Å². The van der Waals surface area contributed by atoms with Gasteiger partial charge in [0.05, 0.1) is 6.07 Å². The number of nitrogens with zero attached hydrogens (tertiary/aromatic N) is 2. The van der Waals surface area contributed by atoms with Gasteiger partial charge in [-0.2, -0.15) is 5.26 Å². The highest BCUT2D eigenvalue weighted by Gasteiger charge is 2.40. The van der Waals surface area contributed by atoms with Gasteiger partial charge in [-0.1, -0.05) is 43.5 Å². The van der Waals surface area contributed by atoms with Gasteiger partial charge in [-0.05, 0) is 43.9 Å². The Kier molecular flexibility index (Phi) is 6.57. The number of nitriles is 1. The summed E-state index contributed by atoms with van der Waals surface area (Å²) < 4.78 is 5.25. The third-order valence-electron chi connectivity index (χ3n) is 5.09. The van der Waals surface area contributed by atoms with E-state index in [1.165, 1.54) is 11.0 Å². The van der Waals surface area contributed by atoms with E-state index in [9.17, 15) is 14.9 Å². The maximum Gasteiger partial charge on any atom is 0.331 e. The van der Waals surface area contributed by atoms with Crippen LogP contribution in [0.4, 0.5) is 0 Å². The summed E-state index contributed by atoms with van der Waals surface area (Å²) in [4.78, 5) is 26.2. The molecule has 0 saturated heterocycles. The molecule has 5 heteroatoms. The minimum absolute atomic E-state index is 0.342. The SMILES string of the molecule is Cc1ccccc1/C=C/C(=O)O[C@H](C)C(=O)N(C)C1(C#N)CCCCC1. The molecule has 0 bridgehead atoms. The maximum atomic E-state index is 12.6. The van der Waals surface area contributed by atoms with E-state index in [-0.39, 0.29) is 5.91 Å². The second-order valence-corrected chi connectivity index (χ2v) is 6.87. The van der Waals surface area contributed by atoms with Crippen LogP contribution in [0.15, 0.2) is 30.3 Å². The Balaban J connectivity index is 1.98. The number of amides is 1. The van der Waals surface area contributed by atoms with Crippen LogP contribution in [0.2, 0.25) is 0 Å². The van der Waals surface area contributed by atoms with Gasteiger partial charge in [0.2, 0.25) is 0 Å². The van der Waals surface area contributed by atoms with Crippen molar-refractivity contribution < 1.29 is 14.3 Å². The Bertz CT molecular complexity index is 727. The molecule has 2 rings (SSSR count). The van der Waals surface area contributed by atoms with Gasteiger partial charge in [0.15, 0.2) is 6.10 Å². The van der Waals surface area contributed by atoms with E-state index in [1.807, 2.05) is 31.2 Å². The minimum atomic E-state index is -0.929. The van der Waals surface area contributed by atoms with Crippen molar-refractivity contribution in [1.82, 2.24) is 4.90 Å². The van der Waals surface area contributed by atoms with Crippen LogP contribution in [0.5, 0.6) is 0 Å². The van der Waals surface area contributed by atoms with Crippen LogP contribution in [0.3, 0.4) is 0 Å². The lowest BCUT2D eigenvalue weighted by Crippen LogP contribution is -2.53. The van der Waals surface area contributed by atoms with Crippen LogP contribution in [-0.4, -0.2) is 35.5 Å². The molecule has 0 unspecified atom stereocenters. The summed E-state index contributed by atoms with van der Waals surface area (Å²) in [7, 11) is 1.63. The number of likely N-dealkylation sites (N-methyl/N-ethyl adjacent to an activating group) is 1. The number of hydrogen-bond donors (Lipinski definition) is 0. The molecule has 0 N–H and O–H groups in total. The Morgan fingerprint density at radius 2 is 1.92 bits per heavy atom. The summed E-state index contributed by atoms with van der Waals surface area (Å²) in [6.07, 6.45) is 6.35. The molecule has 1 aromatic carbocycles. The highest BCUT2D eigenvalue weighted by Crippen LogP contribution is 2.32. The smallest absolute Gasteiger partial charge is 0.331 e. The van der Waals surface area contributed by atoms with Gasteiger partial charge in [-0.15, -0.1) is 0 Å². The molecular formula is C21H26N2O3. The average molecular weight is 354 g/mol. The number of hydrogen-bond acceptors (Lipinski definition) is 4. The highest BCUT2D eigenvalue weighted by molar-refractivity contribution is 5.90. The summed E-state index contributed by atoms with van der Waals surface area (Å²) in [5, 5.41) is 9.60. The highest BCUT2D eigenvalue weighted by atomic mass is 16.5. The molecule has 138 valence electrons. The fourth-order valence-electron chi connectivity index (χ4n) is 3.34. The Hall–Kier alpha value is -2.61. The van der Waals surface area contributed by atoms with Crippen molar-refractivity contribution >= 4 is 18.0 Å². The number of esters is 1. The van der Waals surface area contributed by atoms with E-state index in [2.05, 4.69) is 6.07 Å². The second kappa shape index (κ2) is 8.66. The molecule has 5 nitrogen and oxygen atoms in total. The quantitative estimate of drug-likeness (QED) is 0.598. The molecule has 1 aromatic rings. The summed E-state index contributed by atoms with van der Waals surface area (Å²) in [5.41, 5.74) is 1.19. The molecule has 1 aliphatic carbocycles. The molecular weight excluding hydrogens is 328 g/mol. The molecule has 1 amide bonds. The van der Waals surface area contributed by atoms with Crippen molar-refractivity contribution in [3.8, 4) is 6.07 Å². The zero-order chi connectivity index (χ0) is 19.2. The van der Waals surface area contributed by atoms with Crippen LogP contribution in [0.1, 0.15) is 50.2 Å². The Labute approximate surface area is 155 Å². The normalized spacial score (nSPS) is 17.3. The number of aryl methyl sites for hydroxylation is 1. The maximum absolute atomic E-state index is 12.6. The van der Waals surface area contributed by atoms with E-state index in [0.717, 1.165) is 30.4 Å². The van der Waals surface area contributed by atoms with Gasteiger partial charge in [-0.25, -0.2) is 4.79 Å². The summed E-state index contributed by atoms with van der Waals surface area (Å²) in [6, 6.07) is 9.99. The molecule has 0 spiro atoms. The lowest BCUT2D eigenvalue weighted by Gasteiger charge is -2.39. The molecule has 0 aliphatic heterocycles. The number of carbonyl (C=O) groups excluding carboxylic acids is 2. The first-order valence-electron chi connectivity index (χ1n) is 9.03. The van der Waals surface area contributed by atoms with Gasteiger partial charge in [0, 0.05) is 13.1 Å². The standard InChI is InChI=1S/C21H26N2O3/c1-16-9-5-6-10-18(16)11-12-19(24)26-17(2)20(25)23(3)21(15-22)13-7-4-8-14-21/h5-6,9-12,17H,4,7-8,13-14H2,1-3H3/b12-11+/t17-/m1/s1. The van der Waals surface area contributed by atoms with Crippen molar-refractivity contribution in [1.29, 1.82) is 5.26 Å². The van der Waals surface area contributed by atoms with Crippen molar-refractivity contribution in [2.75, 3.05) is 7.05 Å². The number of benzene rings is 1. The van der Waals surface area contributed by atoms with Crippen LogP contribution in [-0.2, 0) is 14.3 Å². The van der Waals surface area contributed by atoms with Crippen molar-refractivity contribution in [2.24, 2.45) is 0 Å². The van der Waals surface area contributed by atoms with E-state index < -0.39 is 17.6 Å². The van der Waals surface area contributed by atoms with Gasteiger partial charge >= 0.3 is 5.97 Å². The zero-order valence-electron chi connectivity index (χ0n) is 15.7. The van der Waals surface area contributed by atoms with Crippen LogP contribution in [0.25, 0.3) is 6.08 Å². The first-order valence-corrected chi connectivity index (χ1v) is 9.03. The predicted molar refractivity (Wildman–Crippen MR) is 100.0 cm³/mol. The van der Waals surface area contributed by atoms with Gasteiger partial charge in [0.25, 0.3) is 5.91 Å². The lowest BCUT2D eigenvalue weighted by atomic mass is 9.81.